The van der Waals surface area contributed by atoms with Crippen molar-refractivity contribution in [2.45, 2.75) is 165 Å². The lowest BCUT2D eigenvalue weighted by atomic mass is 9.86. The van der Waals surface area contributed by atoms with E-state index >= 15 is 0 Å². The fourth-order valence-electron chi connectivity index (χ4n) is 9.73. The molecule has 16 nitrogen and oxygen atoms in total. The van der Waals surface area contributed by atoms with Crippen LogP contribution >= 0.6 is 0 Å². The molecule has 2 aliphatic carbocycles. The minimum Gasteiger partial charge on any atom is -0.443 e. The average molecular weight is 1040 g/mol. The van der Waals surface area contributed by atoms with Crippen molar-refractivity contribution >= 4 is 54.1 Å². The summed E-state index contributed by atoms with van der Waals surface area (Å²) in [6.45, 7) is 18.2. The van der Waals surface area contributed by atoms with E-state index in [1.54, 1.807) is 50.2 Å². The molecule has 2 aromatic carbocycles. The zero-order valence-corrected chi connectivity index (χ0v) is 43.7. The molecule has 22 heteroatoms. The van der Waals surface area contributed by atoms with Gasteiger partial charge in [0.05, 0.1) is 51.6 Å². The monoisotopic (exact) mass is 1040 g/mol. The smallest absolute Gasteiger partial charge is 0.407 e. The second-order valence-electron chi connectivity index (χ2n) is 21.5. The predicted molar refractivity (Wildman–Crippen MR) is 261 cm³/mol. The SMILES string of the molecule is CCNC(=O)OC1CN(S(=O)(=O)c2ccc3c(c2)nc(C(C)(C)C)n3CC2CCC(F)(F)CC2)C1.CCNC(=O)[C@@H]1CN(S(=O)(=O)c2ccc3c(c2)nc(C(C)(C)C)n3CC2CCC(F)(F)CC2)CCO1. The van der Waals surface area contributed by atoms with Crippen LogP contribution in [0.15, 0.2) is 46.2 Å². The summed E-state index contributed by atoms with van der Waals surface area (Å²) < 4.78 is 125. The number of sulfonamides is 2. The van der Waals surface area contributed by atoms with Gasteiger partial charge in [-0.25, -0.2) is 49.2 Å². The molecule has 2 amide bonds. The number of aromatic nitrogens is 4. The summed E-state index contributed by atoms with van der Waals surface area (Å²) in [4.78, 5) is 33.6. The van der Waals surface area contributed by atoms with E-state index in [4.69, 9.17) is 19.4 Å². The van der Waals surface area contributed by atoms with Gasteiger partial charge in [0.1, 0.15) is 23.9 Å². The number of ether oxygens (including phenoxy) is 2. The number of hydrogen-bond donors (Lipinski definition) is 2. The quantitative estimate of drug-likeness (QED) is 0.132. The van der Waals surface area contributed by atoms with Crippen LogP contribution in [0.4, 0.5) is 22.4 Å². The molecule has 2 N–H and O–H groups in total. The molecule has 4 fully saturated rings. The Morgan fingerprint density at radius 3 is 1.55 bits per heavy atom. The minimum absolute atomic E-state index is 0.0554. The molecule has 2 aliphatic heterocycles. The normalized spacial score (nSPS) is 21.1. The summed E-state index contributed by atoms with van der Waals surface area (Å²) in [7, 11) is -7.64. The van der Waals surface area contributed by atoms with E-state index in [9.17, 15) is 44.0 Å². The Morgan fingerprint density at radius 2 is 1.13 bits per heavy atom. The maximum Gasteiger partial charge on any atom is 0.407 e. The standard InChI is InChI=1S/C25H36F2N4O4S.C24H34F2N4O4S/c1-5-28-22(32)21-16-30(12-13-35-21)36(33,34)18-6-7-20-19(14-18)29-23(24(2,3)4)31(20)15-17-8-10-25(26,27)11-9-17;1-5-27-22(31)34-17-14-29(15-17)35(32,33)18-6-7-20-19(12-18)28-21(23(2,3)4)30(20)13-16-8-10-24(25,26)11-9-16/h6-7,14,17,21H,5,8-13,15-16H2,1-4H3,(H,28,32);6-7,12,16-17H,5,8-11,13-15H2,1-4H3,(H,27,31)/t21-;/m0./s1. The summed E-state index contributed by atoms with van der Waals surface area (Å²) in [6, 6.07) is 9.78. The fourth-order valence-corrected chi connectivity index (χ4v) is 12.7. The summed E-state index contributed by atoms with van der Waals surface area (Å²) in [6.07, 6.45) is -0.480. The molecule has 2 aromatic heterocycles. The van der Waals surface area contributed by atoms with Crippen molar-refractivity contribution in [1.82, 2.24) is 38.3 Å². The number of hydrogen-bond acceptors (Lipinski definition) is 10. The lowest BCUT2D eigenvalue weighted by Crippen LogP contribution is -2.55. The van der Waals surface area contributed by atoms with Crippen LogP contribution in [0.1, 0.15) is 118 Å². The number of carbonyl (C=O) groups excluding carboxylic acids is 2. The number of benzene rings is 2. The van der Waals surface area contributed by atoms with Crippen molar-refractivity contribution in [1.29, 1.82) is 0 Å². The first kappa shape index (κ1) is 54.4. The summed E-state index contributed by atoms with van der Waals surface area (Å²) >= 11 is 0. The molecule has 1 atom stereocenters. The van der Waals surface area contributed by atoms with Crippen molar-refractivity contribution in [3.8, 4) is 0 Å². The molecule has 394 valence electrons. The topological polar surface area (TPSA) is 187 Å². The van der Waals surface area contributed by atoms with Crippen LogP contribution in [0.25, 0.3) is 22.1 Å². The largest absolute Gasteiger partial charge is 0.443 e. The minimum atomic E-state index is -3.87. The third-order valence-corrected chi connectivity index (χ3v) is 17.4. The van der Waals surface area contributed by atoms with Gasteiger partial charge in [0.25, 0.3) is 5.91 Å². The number of nitrogens with zero attached hydrogens (tertiary/aromatic N) is 6. The summed E-state index contributed by atoms with van der Waals surface area (Å²) in [5.74, 6) is -3.65. The average Bonchev–Trinajstić information content (AvgIpc) is 3.84. The molecule has 2 saturated heterocycles. The Morgan fingerprint density at radius 1 is 0.690 bits per heavy atom. The first-order chi connectivity index (χ1) is 33.1. The highest BCUT2D eigenvalue weighted by Gasteiger charge is 2.41. The third-order valence-electron chi connectivity index (χ3n) is 13.7. The second kappa shape index (κ2) is 20.9. The molecule has 4 aromatic rings. The zero-order valence-electron chi connectivity index (χ0n) is 42.1. The van der Waals surface area contributed by atoms with Crippen LogP contribution in [-0.4, -0.2) is 126 Å². The number of fused-ring (bicyclic) bond motifs is 2. The van der Waals surface area contributed by atoms with Gasteiger partial charge in [-0.1, -0.05) is 41.5 Å². The highest BCUT2D eigenvalue weighted by atomic mass is 32.2. The molecule has 4 aliphatic rings. The van der Waals surface area contributed by atoms with Gasteiger partial charge in [0.15, 0.2) is 0 Å². The summed E-state index contributed by atoms with van der Waals surface area (Å²) in [5.41, 5.74) is 2.08. The Balaban J connectivity index is 0.000000209. The molecule has 8 rings (SSSR count). The summed E-state index contributed by atoms with van der Waals surface area (Å²) in [5, 5.41) is 5.20. The maximum atomic E-state index is 13.7. The van der Waals surface area contributed by atoms with Gasteiger partial charge in [-0.2, -0.15) is 8.61 Å². The van der Waals surface area contributed by atoms with Crippen LogP contribution in [0.3, 0.4) is 0 Å². The Labute approximate surface area is 414 Å². The number of imidazole rings is 2. The number of morpholine rings is 1. The van der Waals surface area contributed by atoms with Gasteiger partial charge in [-0.05, 0) is 87.8 Å². The van der Waals surface area contributed by atoms with Crippen molar-refractivity contribution in [2.75, 3.05) is 45.9 Å². The molecule has 4 heterocycles. The lowest BCUT2D eigenvalue weighted by Gasteiger charge is -2.37. The number of rotatable bonds is 12. The second-order valence-corrected chi connectivity index (χ2v) is 25.4. The number of alkyl halides is 4. The molecule has 0 bridgehead atoms. The maximum absolute atomic E-state index is 13.7. The van der Waals surface area contributed by atoms with E-state index in [1.165, 1.54) is 8.61 Å². The van der Waals surface area contributed by atoms with Gasteiger partial charge in [0, 0.05) is 75.8 Å². The first-order valence-electron chi connectivity index (χ1n) is 24.7. The number of nitrogens with one attached hydrogen (secondary N) is 2. The highest BCUT2D eigenvalue weighted by molar-refractivity contribution is 7.89. The van der Waals surface area contributed by atoms with Crippen LogP contribution in [0.5, 0.6) is 0 Å². The fraction of sp³-hybridized carbons (Fsp3) is 0.673. The molecule has 0 radical (unpaired) electrons. The Kier molecular flexibility index (Phi) is 16.0. The van der Waals surface area contributed by atoms with E-state index in [0.29, 0.717) is 62.9 Å². The number of alkyl carbamates (subject to hydrolysis) is 1. The van der Waals surface area contributed by atoms with Gasteiger partial charge in [-0.15, -0.1) is 0 Å². The molecule has 71 heavy (non-hydrogen) atoms. The molecule has 2 saturated carbocycles. The van der Waals surface area contributed by atoms with E-state index in [0.717, 1.165) is 22.7 Å². The molecular formula is C49H70F4N8O8S2. The predicted octanol–water partition coefficient (Wildman–Crippen LogP) is 7.96. The number of likely N-dealkylation sites (N-methyl/N-ethyl adjacent to an activating group) is 1. The van der Waals surface area contributed by atoms with E-state index in [2.05, 4.69) is 19.8 Å². The van der Waals surface area contributed by atoms with E-state index in [1.807, 2.05) is 41.5 Å². The first-order valence-corrected chi connectivity index (χ1v) is 27.6. The van der Waals surface area contributed by atoms with Gasteiger partial charge >= 0.3 is 6.09 Å². The number of amides is 2. The van der Waals surface area contributed by atoms with Crippen molar-refractivity contribution in [2.24, 2.45) is 11.8 Å². The third kappa shape index (κ3) is 12.5. The van der Waals surface area contributed by atoms with Gasteiger partial charge in [-0.3, -0.25) is 4.79 Å². The molecule has 0 spiro atoms. The van der Waals surface area contributed by atoms with Crippen molar-refractivity contribution < 1.29 is 53.5 Å². The van der Waals surface area contributed by atoms with Gasteiger partial charge < -0.3 is 29.2 Å². The van der Waals surface area contributed by atoms with Crippen molar-refractivity contribution in [3.05, 3.63) is 48.0 Å². The van der Waals surface area contributed by atoms with E-state index < -0.39 is 50.2 Å². The highest BCUT2D eigenvalue weighted by Crippen LogP contribution is 2.40. The van der Waals surface area contributed by atoms with Crippen LogP contribution < -0.4 is 10.6 Å². The lowest BCUT2D eigenvalue weighted by molar-refractivity contribution is -0.136. The Bertz CT molecular complexity index is 2780. The van der Waals surface area contributed by atoms with Crippen LogP contribution in [0, 0.1) is 11.8 Å². The number of carbonyl (C=O) groups is 2. The van der Waals surface area contributed by atoms with E-state index in [-0.39, 0.29) is 96.8 Å². The van der Waals surface area contributed by atoms with Gasteiger partial charge in [0.2, 0.25) is 31.9 Å². The molecule has 0 unspecified atom stereocenters. The molecular weight excluding hydrogens is 969 g/mol. The van der Waals surface area contributed by atoms with Crippen molar-refractivity contribution in [3.63, 3.8) is 0 Å². The van der Waals surface area contributed by atoms with Crippen LogP contribution in [0.2, 0.25) is 0 Å². The van der Waals surface area contributed by atoms with Crippen LogP contribution in [-0.2, 0) is 58.2 Å². The number of halogens is 4. The zero-order chi connectivity index (χ0) is 51.9. The Hall–Kier alpha value is -4.38.